The van der Waals surface area contributed by atoms with E-state index in [4.69, 9.17) is 28.4 Å². The van der Waals surface area contributed by atoms with Crippen LogP contribution < -0.4 is 32.4 Å². The van der Waals surface area contributed by atoms with Crippen LogP contribution in [0.2, 0.25) is 0 Å². The number of aromatic nitrogens is 6. The number of nitrogens with one attached hydrogen (secondary N) is 4. The molecule has 23 nitrogen and oxygen atoms in total. The number of nitriles is 2. The molecule has 0 aliphatic carbocycles. The second kappa shape index (κ2) is 33.6. The lowest BCUT2D eigenvalue weighted by Gasteiger charge is -2.19. The molecule has 0 aliphatic rings. The van der Waals surface area contributed by atoms with Crippen molar-refractivity contribution in [2.24, 2.45) is 0 Å². The minimum atomic E-state index is -4.70. The molecule has 4 aromatic heterocycles. The Morgan fingerprint density at radius 1 is 0.489 bits per heavy atom. The van der Waals surface area contributed by atoms with Gasteiger partial charge >= 0.3 is 12.2 Å². The predicted molar refractivity (Wildman–Crippen MR) is 329 cm³/mol. The van der Waals surface area contributed by atoms with Crippen molar-refractivity contribution in [1.82, 2.24) is 50.0 Å². The van der Waals surface area contributed by atoms with Crippen molar-refractivity contribution in [3.8, 4) is 57.4 Å². The standard InChI is InChI=1S/C65H66F4N12O11/c1-44-54(58-17-19-76-80(58)50-13-9-46(42-70)10-14-50)39-56(62(84)78(44)52-7-3-5-48(37-52)41-66)60(82)72-21-25-87-29-33-91-35-31-89-27-23-74-64(86)75-24-28-90-32-36-92-34-30-88-26-22-73-61(83)57-40-55(59-18-20-77-81(59)51-15-11-47(43-71)12-16-51)45(2)79(63(57)85)53-8-4-6-49(38-53)65(67,68)69/h3-20,37-40H,21-36,41H2,1-2H3,(H,72,82)(H,73,83)(H2,74,75,86). The molecular formula is C65H66F4N12O11. The Morgan fingerprint density at radius 3 is 1.26 bits per heavy atom. The number of urea groups is 1. The van der Waals surface area contributed by atoms with Gasteiger partial charge in [0.05, 0.1) is 143 Å². The molecule has 0 atom stereocenters. The lowest BCUT2D eigenvalue weighted by Crippen LogP contribution is -2.39. The summed E-state index contributed by atoms with van der Waals surface area (Å²) in [6.45, 7) is 5.59. The number of carbonyl (C=O) groups is 3. The van der Waals surface area contributed by atoms with Gasteiger partial charge in [-0.2, -0.15) is 33.9 Å². The number of pyridine rings is 2. The molecule has 0 radical (unpaired) electrons. The van der Waals surface area contributed by atoms with E-state index in [0.29, 0.717) is 62.0 Å². The van der Waals surface area contributed by atoms with Crippen LogP contribution in [0.25, 0.3) is 45.3 Å². The first-order valence-electron chi connectivity index (χ1n) is 29.1. The summed E-state index contributed by atoms with van der Waals surface area (Å²) in [7, 11) is 0. The number of nitrogens with zero attached hydrogens (tertiary/aromatic N) is 8. The van der Waals surface area contributed by atoms with Crippen LogP contribution in [-0.2, 0) is 41.3 Å². The number of amides is 4. The van der Waals surface area contributed by atoms with Crippen LogP contribution in [0.15, 0.2) is 143 Å². The number of ether oxygens (including phenoxy) is 6. The van der Waals surface area contributed by atoms with Gasteiger partial charge in [-0.15, -0.1) is 0 Å². The van der Waals surface area contributed by atoms with Crippen LogP contribution in [0.4, 0.5) is 22.4 Å². The monoisotopic (exact) mass is 1270 g/mol. The van der Waals surface area contributed by atoms with Crippen LogP contribution in [0, 0.1) is 36.5 Å². The van der Waals surface area contributed by atoms with E-state index in [0.717, 1.165) is 16.7 Å². The van der Waals surface area contributed by atoms with Gasteiger partial charge in [-0.1, -0.05) is 18.2 Å². The first-order chi connectivity index (χ1) is 44.6. The number of rotatable bonds is 33. The third-order valence-electron chi connectivity index (χ3n) is 14.1. The van der Waals surface area contributed by atoms with E-state index < -0.39 is 47.4 Å². The predicted octanol–water partition coefficient (Wildman–Crippen LogP) is 7.10. The van der Waals surface area contributed by atoms with Gasteiger partial charge in [0, 0.05) is 60.1 Å². The van der Waals surface area contributed by atoms with Gasteiger partial charge in [-0.25, -0.2) is 18.5 Å². The fourth-order valence-electron chi connectivity index (χ4n) is 9.54. The summed E-state index contributed by atoms with van der Waals surface area (Å²) in [5, 5.41) is 38.2. The van der Waals surface area contributed by atoms with Crippen LogP contribution in [-0.4, -0.2) is 152 Å². The van der Waals surface area contributed by atoms with E-state index in [1.54, 1.807) is 110 Å². The van der Waals surface area contributed by atoms with E-state index in [9.17, 15) is 52.1 Å². The van der Waals surface area contributed by atoms with Gasteiger partial charge in [0.1, 0.15) is 17.8 Å². The van der Waals surface area contributed by atoms with Crippen LogP contribution >= 0.6 is 0 Å². The van der Waals surface area contributed by atoms with Crippen LogP contribution in [0.1, 0.15) is 54.4 Å². The highest BCUT2D eigenvalue weighted by Crippen LogP contribution is 2.33. The molecule has 0 saturated heterocycles. The third kappa shape index (κ3) is 18.1. The zero-order chi connectivity index (χ0) is 65.4. The second-order valence-electron chi connectivity index (χ2n) is 20.2. The fraction of sp³-hybridized carbons (Fsp3) is 0.308. The van der Waals surface area contributed by atoms with Crippen molar-refractivity contribution < 1.29 is 60.4 Å². The highest BCUT2D eigenvalue weighted by molar-refractivity contribution is 5.96. The first-order valence-corrected chi connectivity index (χ1v) is 29.1. The van der Waals surface area contributed by atoms with Crippen molar-refractivity contribution in [2.75, 3.05) is 105 Å². The Bertz CT molecular complexity index is 4020. The topological polar surface area (TPSA) is 282 Å². The molecule has 92 heavy (non-hydrogen) atoms. The van der Waals surface area contributed by atoms with Gasteiger partial charge < -0.3 is 49.7 Å². The summed E-state index contributed by atoms with van der Waals surface area (Å²) < 4.78 is 94.1. The second-order valence-corrected chi connectivity index (χ2v) is 20.2. The molecule has 0 saturated carbocycles. The van der Waals surface area contributed by atoms with Crippen molar-refractivity contribution >= 4 is 17.8 Å². The maximum Gasteiger partial charge on any atom is 0.416 e. The maximum atomic E-state index is 14.0. The molecule has 0 aliphatic heterocycles. The highest BCUT2D eigenvalue weighted by Gasteiger charge is 2.31. The van der Waals surface area contributed by atoms with E-state index >= 15 is 0 Å². The van der Waals surface area contributed by atoms with E-state index in [2.05, 4.69) is 37.5 Å². The van der Waals surface area contributed by atoms with Crippen LogP contribution in [0.3, 0.4) is 0 Å². The number of hydrogen-bond donors (Lipinski definition) is 4. The smallest absolute Gasteiger partial charge is 0.377 e. The number of alkyl halides is 4. The normalized spacial score (nSPS) is 11.3. The largest absolute Gasteiger partial charge is 0.416 e. The summed E-state index contributed by atoms with van der Waals surface area (Å²) >= 11 is 0. The Kier molecular flexibility index (Phi) is 24.8. The molecular weight excluding hydrogens is 1200 g/mol. The third-order valence-corrected chi connectivity index (χ3v) is 14.1. The van der Waals surface area contributed by atoms with Crippen LogP contribution in [0.5, 0.6) is 0 Å². The Hall–Kier alpha value is -10.1. The Balaban J connectivity index is 0.655. The molecule has 0 bridgehead atoms. The average molecular weight is 1270 g/mol. The summed E-state index contributed by atoms with van der Waals surface area (Å²) in [6.07, 6.45) is -1.61. The number of carbonyl (C=O) groups excluding carboxylic acids is 3. The molecule has 4 aromatic carbocycles. The number of benzene rings is 4. The molecule has 4 N–H and O–H groups in total. The molecule has 4 amide bonds. The minimum absolute atomic E-state index is 0.00965. The van der Waals surface area contributed by atoms with Gasteiger partial charge in [0.25, 0.3) is 22.9 Å². The molecule has 4 heterocycles. The lowest BCUT2D eigenvalue weighted by molar-refractivity contribution is -0.137. The summed E-state index contributed by atoms with van der Waals surface area (Å²) in [4.78, 5) is 67.4. The van der Waals surface area contributed by atoms with Gasteiger partial charge in [0.2, 0.25) is 0 Å². The van der Waals surface area contributed by atoms with E-state index in [-0.39, 0.29) is 128 Å². The fourth-order valence-corrected chi connectivity index (χ4v) is 9.54. The number of hydrogen-bond acceptors (Lipinski definition) is 15. The van der Waals surface area contributed by atoms with Crippen molar-refractivity contribution in [1.29, 1.82) is 10.5 Å². The van der Waals surface area contributed by atoms with Gasteiger partial charge in [0.15, 0.2) is 0 Å². The van der Waals surface area contributed by atoms with Crippen molar-refractivity contribution in [3.63, 3.8) is 0 Å². The lowest BCUT2D eigenvalue weighted by atomic mass is 10.0. The highest BCUT2D eigenvalue weighted by atomic mass is 19.4. The summed E-state index contributed by atoms with van der Waals surface area (Å²) in [6, 6.07) is 34.0. The van der Waals surface area contributed by atoms with Crippen molar-refractivity contribution in [2.45, 2.75) is 26.7 Å². The Labute approximate surface area is 525 Å². The molecule has 0 fully saturated rings. The molecule has 27 heteroatoms. The Morgan fingerprint density at radius 2 is 0.870 bits per heavy atom. The quantitative estimate of drug-likeness (QED) is 0.0236. The molecule has 0 unspecified atom stereocenters. The molecule has 480 valence electrons. The SMILES string of the molecule is Cc1c(-c2ccnn2-c2ccc(C#N)cc2)cc(C(=O)NCCOCCOCCOCCNC(=O)NCCOCCOCCOCCNC(=O)c2cc(-c3ccnn3-c3ccc(C#N)cc3)c(C)n(-c3cccc(C(F)(F)F)c3)c2=O)c(=O)n1-c1cccc(CF)c1. The average Bonchev–Trinajstić information content (AvgIpc) is 1.94. The molecule has 0 spiro atoms. The van der Waals surface area contributed by atoms with E-state index in [1.807, 2.05) is 6.07 Å². The zero-order valence-electron chi connectivity index (χ0n) is 50.3. The minimum Gasteiger partial charge on any atom is -0.377 e. The van der Waals surface area contributed by atoms with Gasteiger partial charge in [-0.3, -0.25) is 28.3 Å². The number of halogens is 4. The van der Waals surface area contributed by atoms with Gasteiger partial charge in [-0.05, 0) is 123 Å². The zero-order valence-corrected chi connectivity index (χ0v) is 50.3. The van der Waals surface area contributed by atoms with Crippen molar-refractivity contribution in [3.05, 3.63) is 199 Å². The molecule has 8 rings (SSSR count). The maximum absolute atomic E-state index is 14.0. The van der Waals surface area contributed by atoms with E-state index in [1.165, 1.54) is 39.7 Å². The summed E-state index contributed by atoms with van der Waals surface area (Å²) in [5.41, 5.74) is 2.46. The first kappa shape index (κ1) is 67.8. The molecule has 8 aromatic rings. The summed E-state index contributed by atoms with van der Waals surface area (Å²) in [5.74, 6) is -1.41.